The lowest BCUT2D eigenvalue weighted by molar-refractivity contribution is 0.775. The maximum atomic E-state index is 10.3. The van der Waals surface area contributed by atoms with Crippen molar-refractivity contribution in [1.82, 2.24) is 0 Å². The Morgan fingerprint density at radius 1 is 1.75 bits per heavy atom. The monoisotopic (exact) mass is 76.0 g/mol. The average Bonchev–Trinajstić information content (AvgIpc) is 1.37. The zero-order valence-corrected chi connectivity index (χ0v) is 3.11. The first kappa shape index (κ1) is 3.92. The fourth-order valence-electron chi connectivity index (χ4n) is 0. The van der Waals surface area contributed by atoms with E-state index < -0.39 is 0 Å². The van der Waals surface area contributed by atoms with E-state index in [4.69, 9.17) is 0 Å². The zero-order chi connectivity index (χ0) is 3.41. The van der Waals surface area contributed by atoms with E-state index in [1.54, 1.807) is 0 Å². The molecule has 0 nitrogen and oxygen atoms in total. The number of halogens is 1. The Morgan fingerprint density at radius 2 is 2.00 bits per heavy atom. The summed E-state index contributed by atoms with van der Waals surface area (Å²) in [5.41, 5.74) is 1.93. The molecule has 0 aliphatic rings. The molecule has 0 aliphatic carbocycles. The maximum absolute atomic E-state index is 10.3. The van der Waals surface area contributed by atoms with Crippen molar-refractivity contribution in [3.63, 3.8) is 0 Å². The highest BCUT2D eigenvalue weighted by Gasteiger charge is 1.32. The summed E-state index contributed by atoms with van der Waals surface area (Å²) >= 11 is 0. The second-order valence-corrected chi connectivity index (χ2v) is 0.528. The number of hydrogen-bond acceptors (Lipinski definition) is 0. The van der Waals surface area contributed by atoms with Crippen molar-refractivity contribution in [2.45, 2.75) is 0 Å². The second kappa shape index (κ2) is 2.92. The van der Waals surface area contributed by atoms with Gasteiger partial charge in [-0.2, -0.15) is 0 Å². The van der Waals surface area contributed by atoms with Crippen LogP contribution >= 0.6 is 9.24 Å². The number of hydrogen-bond donors (Lipinski definition) is 0. The molecule has 0 spiro atoms. The molecular formula is C2H2FP. The first-order valence-corrected chi connectivity index (χ1v) is 1.31. The van der Waals surface area contributed by atoms with Gasteiger partial charge in [0.2, 0.25) is 0 Å². The quantitative estimate of drug-likeness (QED) is 0.295. The molecule has 0 bridgehead atoms. The van der Waals surface area contributed by atoms with Crippen molar-refractivity contribution in [3.8, 4) is 11.8 Å². The van der Waals surface area contributed by atoms with Gasteiger partial charge in [0, 0.05) is 0 Å². The van der Waals surface area contributed by atoms with Crippen LogP contribution in [0.5, 0.6) is 0 Å². The molecule has 0 saturated carbocycles. The topological polar surface area (TPSA) is 0 Å². The molecular weight excluding hydrogens is 74.0 g/mol. The van der Waals surface area contributed by atoms with Crippen LogP contribution in [0.15, 0.2) is 0 Å². The van der Waals surface area contributed by atoms with Crippen LogP contribution in [-0.4, -0.2) is 0 Å². The molecule has 0 saturated heterocycles. The predicted octanol–water partition coefficient (Wildman–Crippen LogP) is 0.749. The first-order chi connectivity index (χ1) is 1.91. The van der Waals surface area contributed by atoms with E-state index in [-0.39, 0.29) is 0 Å². The standard InChI is InChI=1S/C2H2FP/c3-1-2-4/h4H2. The Morgan fingerprint density at radius 3 is 2.00 bits per heavy atom. The molecule has 1 unspecified atom stereocenters. The van der Waals surface area contributed by atoms with Gasteiger partial charge in [-0.15, -0.1) is 4.39 Å². The Bertz CT molecular complexity index is 42.8. The minimum Gasteiger partial charge on any atom is -0.144 e. The van der Waals surface area contributed by atoms with Crippen LogP contribution in [0.2, 0.25) is 0 Å². The first-order valence-electron chi connectivity index (χ1n) is 0.728. The van der Waals surface area contributed by atoms with Crippen molar-refractivity contribution in [3.05, 3.63) is 0 Å². The van der Waals surface area contributed by atoms with E-state index >= 15 is 0 Å². The molecule has 0 heterocycles. The molecule has 0 aromatic rings. The number of rotatable bonds is 0. The van der Waals surface area contributed by atoms with Crippen LogP contribution in [0.3, 0.4) is 0 Å². The molecule has 2 heteroatoms. The van der Waals surface area contributed by atoms with Gasteiger partial charge in [-0.1, -0.05) is 9.24 Å². The highest BCUT2D eigenvalue weighted by atomic mass is 31.0. The normalized spacial score (nSPS) is 3.50. The zero-order valence-electron chi connectivity index (χ0n) is 1.96. The molecule has 0 rings (SSSR count). The Balaban J connectivity index is 2.83. The molecule has 0 amide bonds. The molecule has 1 atom stereocenters. The summed E-state index contributed by atoms with van der Waals surface area (Å²) in [4.78, 5) is 0. The summed E-state index contributed by atoms with van der Waals surface area (Å²) in [7, 11) is 1.92. The van der Waals surface area contributed by atoms with Gasteiger partial charge in [0.05, 0.1) is 0 Å². The molecule has 4 heavy (non-hydrogen) atoms. The fourth-order valence-corrected chi connectivity index (χ4v) is 0. The highest BCUT2D eigenvalue weighted by molar-refractivity contribution is 7.23. The lowest BCUT2D eigenvalue weighted by Crippen LogP contribution is -1.15. The minimum atomic E-state index is 1.14. The SMILES string of the molecule is FC#CP. The van der Waals surface area contributed by atoms with Gasteiger partial charge in [0.25, 0.3) is 0 Å². The maximum Gasteiger partial charge on any atom is 0.109 e. The van der Waals surface area contributed by atoms with Gasteiger partial charge in [0.15, 0.2) is 0 Å². The largest absolute Gasteiger partial charge is 0.144 e. The van der Waals surface area contributed by atoms with Crippen molar-refractivity contribution in [1.29, 1.82) is 0 Å². The Kier molecular flexibility index (Phi) is 2.86. The predicted molar refractivity (Wildman–Crippen MR) is 18.6 cm³/mol. The Labute approximate surface area is 26.6 Å². The van der Waals surface area contributed by atoms with Crippen LogP contribution in [0.4, 0.5) is 4.39 Å². The van der Waals surface area contributed by atoms with Crippen LogP contribution < -0.4 is 0 Å². The second-order valence-electron chi connectivity index (χ2n) is 0.239. The fraction of sp³-hybridized carbons (Fsp3) is 0. The lowest BCUT2D eigenvalue weighted by atomic mass is 11.3. The van der Waals surface area contributed by atoms with Crippen molar-refractivity contribution in [2.75, 3.05) is 0 Å². The van der Waals surface area contributed by atoms with E-state index in [0.717, 1.165) is 6.17 Å². The molecule has 22 valence electrons. The van der Waals surface area contributed by atoms with Gasteiger partial charge in [-0.3, -0.25) is 0 Å². The molecule has 0 aromatic carbocycles. The molecule has 0 radical (unpaired) electrons. The third-order valence-electron chi connectivity index (χ3n) is 0.0546. The summed E-state index contributed by atoms with van der Waals surface area (Å²) < 4.78 is 10.3. The lowest BCUT2D eigenvalue weighted by Gasteiger charge is -1.35. The van der Waals surface area contributed by atoms with E-state index in [0.29, 0.717) is 0 Å². The smallest absolute Gasteiger partial charge is 0.109 e. The van der Waals surface area contributed by atoms with Gasteiger partial charge in [-0.25, -0.2) is 0 Å². The van der Waals surface area contributed by atoms with Crippen LogP contribution in [0.1, 0.15) is 0 Å². The van der Waals surface area contributed by atoms with Crippen LogP contribution in [0.25, 0.3) is 0 Å². The summed E-state index contributed by atoms with van der Waals surface area (Å²) in [6.45, 7) is 0. The Hall–Kier alpha value is -0.0800. The summed E-state index contributed by atoms with van der Waals surface area (Å²) in [6.07, 6.45) is 1.14. The summed E-state index contributed by atoms with van der Waals surface area (Å²) in [5.74, 6) is 0. The van der Waals surface area contributed by atoms with E-state index in [1.165, 1.54) is 0 Å². The van der Waals surface area contributed by atoms with Crippen molar-refractivity contribution >= 4 is 9.24 Å². The van der Waals surface area contributed by atoms with Gasteiger partial charge in [0.1, 0.15) is 6.17 Å². The molecule has 0 aromatic heterocycles. The third kappa shape index (κ3) is 1.92. The summed E-state index contributed by atoms with van der Waals surface area (Å²) in [5, 5.41) is 0. The van der Waals surface area contributed by atoms with Crippen LogP contribution in [-0.2, 0) is 0 Å². The van der Waals surface area contributed by atoms with Crippen molar-refractivity contribution in [2.24, 2.45) is 0 Å². The van der Waals surface area contributed by atoms with E-state index in [2.05, 4.69) is 0 Å². The molecule has 0 fully saturated rings. The minimum absolute atomic E-state index is 1.14. The van der Waals surface area contributed by atoms with Crippen molar-refractivity contribution < 1.29 is 4.39 Å². The third-order valence-corrected chi connectivity index (χ3v) is 0.164. The van der Waals surface area contributed by atoms with Gasteiger partial charge >= 0.3 is 0 Å². The van der Waals surface area contributed by atoms with E-state index in [1.807, 2.05) is 14.9 Å². The van der Waals surface area contributed by atoms with Gasteiger partial charge < -0.3 is 0 Å². The van der Waals surface area contributed by atoms with Crippen LogP contribution in [0, 0.1) is 11.8 Å². The molecule has 0 N–H and O–H groups in total. The summed E-state index contributed by atoms with van der Waals surface area (Å²) in [6, 6.07) is 0. The highest BCUT2D eigenvalue weighted by Crippen LogP contribution is 1.66. The molecule has 0 aliphatic heterocycles. The average molecular weight is 76.0 g/mol. The van der Waals surface area contributed by atoms with Gasteiger partial charge in [-0.05, 0) is 5.66 Å². The van der Waals surface area contributed by atoms with E-state index in [9.17, 15) is 4.39 Å².